The molecule has 88 valence electrons. The van der Waals surface area contributed by atoms with Gasteiger partial charge in [-0.2, -0.15) is 5.26 Å². The van der Waals surface area contributed by atoms with Gasteiger partial charge in [-0.25, -0.2) is 0 Å². The van der Waals surface area contributed by atoms with Crippen molar-refractivity contribution in [3.63, 3.8) is 0 Å². The molecular formula is C12H15N5. The molecule has 0 radical (unpaired) electrons. The molecule has 2 aliphatic heterocycles. The van der Waals surface area contributed by atoms with Gasteiger partial charge in [0.15, 0.2) is 5.82 Å². The summed E-state index contributed by atoms with van der Waals surface area (Å²) in [6.07, 6.45) is 5.36. The van der Waals surface area contributed by atoms with Crippen molar-refractivity contribution in [2.24, 2.45) is 0 Å². The lowest BCUT2D eigenvalue weighted by molar-refractivity contribution is 0.519. The highest BCUT2D eigenvalue weighted by molar-refractivity contribution is 5.75. The summed E-state index contributed by atoms with van der Waals surface area (Å²) in [5.41, 5.74) is 1.72. The number of fused-ring (bicyclic) bond motifs is 1. The molecule has 0 saturated carbocycles. The summed E-state index contributed by atoms with van der Waals surface area (Å²) >= 11 is 0. The van der Waals surface area contributed by atoms with Gasteiger partial charge in [-0.15, -0.1) is 10.2 Å². The van der Waals surface area contributed by atoms with E-state index in [0.29, 0.717) is 5.57 Å². The largest absolute Gasteiger partial charge is 0.387 e. The Balaban J connectivity index is 2.06. The quantitative estimate of drug-likeness (QED) is 0.735. The minimum Gasteiger partial charge on any atom is -0.387 e. The van der Waals surface area contributed by atoms with Crippen molar-refractivity contribution < 1.29 is 0 Å². The molecule has 1 N–H and O–H groups in total. The van der Waals surface area contributed by atoms with Crippen LogP contribution in [0.15, 0.2) is 5.70 Å². The van der Waals surface area contributed by atoms with Gasteiger partial charge in [0.1, 0.15) is 17.5 Å². The highest BCUT2D eigenvalue weighted by Gasteiger charge is 2.22. The Morgan fingerprint density at radius 2 is 2.18 bits per heavy atom. The summed E-state index contributed by atoms with van der Waals surface area (Å²) in [6.45, 7) is 1.90. The number of rotatable bonds is 1. The summed E-state index contributed by atoms with van der Waals surface area (Å²) in [7, 11) is 0. The molecule has 0 atom stereocenters. The minimum atomic E-state index is 0.683. The van der Waals surface area contributed by atoms with Crippen LogP contribution in [0.2, 0.25) is 0 Å². The van der Waals surface area contributed by atoms with Crippen LogP contribution in [0.5, 0.6) is 0 Å². The van der Waals surface area contributed by atoms with Gasteiger partial charge < -0.3 is 9.88 Å². The second kappa shape index (κ2) is 4.21. The van der Waals surface area contributed by atoms with Gasteiger partial charge in [0, 0.05) is 25.2 Å². The number of nitrogens with zero attached hydrogens (tertiary/aromatic N) is 4. The van der Waals surface area contributed by atoms with Crippen molar-refractivity contribution in [2.45, 2.75) is 38.6 Å². The van der Waals surface area contributed by atoms with Crippen molar-refractivity contribution in [2.75, 3.05) is 6.54 Å². The number of allylic oxidation sites excluding steroid dienone is 2. The monoisotopic (exact) mass is 229 g/mol. The van der Waals surface area contributed by atoms with Crippen LogP contribution in [0, 0.1) is 11.3 Å². The predicted molar refractivity (Wildman–Crippen MR) is 62.7 cm³/mol. The maximum atomic E-state index is 9.33. The van der Waals surface area contributed by atoms with Gasteiger partial charge in [0.25, 0.3) is 0 Å². The van der Waals surface area contributed by atoms with Gasteiger partial charge in [-0.3, -0.25) is 0 Å². The molecule has 0 aromatic carbocycles. The number of nitrogens with one attached hydrogen (secondary N) is 1. The number of aryl methyl sites for hydroxylation is 1. The third kappa shape index (κ3) is 1.70. The lowest BCUT2D eigenvalue weighted by Gasteiger charge is -2.14. The lowest BCUT2D eigenvalue weighted by Crippen LogP contribution is -2.14. The second-order valence-electron chi connectivity index (χ2n) is 4.54. The second-order valence-corrected chi connectivity index (χ2v) is 4.54. The zero-order chi connectivity index (χ0) is 11.7. The smallest absolute Gasteiger partial charge is 0.176 e. The van der Waals surface area contributed by atoms with Crippen molar-refractivity contribution in [3.8, 4) is 6.07 Å². The molecule has 0 aliphatic carbocycles. The van der Waals surface area contributed by atoms with E-state index < -0.39 is 0 Å². The van der Waals surface area contributed by atoms with E-state index in [1.807, 2.05) is 0 Å². The fourth-order valence-electron chi connectivity index (χ4n) is 2.55. The Bertz CT molecular complexity index is 497. The van der Waals surface area contributed by atoms with Crippen molar-refractivity contribution >= 4 is 5.57 Å². The molecule has 3 rings (SSSR count). The molecule has 1 aromatic rings. The molecule has 1 fully saturated rings. The van der Waals surface area contributed by atoms with Gasteiger partial charge in [-0.1, -0.05) is 0 Å². The summed E-state index contributed by atoms with van der Waals surface area (Å²) in [4.78, 5) is 0. The average molecular weight is 229 g/mol. The van der Waals surface area contributed by atoms with Gasteiger partial charge in [0.2, 0.25) is 0 Å². The first-order chi connectivity index (χ1) is 8.40. The van der Waals surface area contributed by atoms with Gasteiger partial charge in [-0.05, 0) is 25.7 Å². The van der Waals surface area contributed by atoms with Crippen LogP contribution in [0.1, 0.15) is 37.3 Å². The van der Waals surface area contributed by atoms with Gasteiger partial charge in [0.05, 0.1) is 0 Å². The first-order valence-corrected chi connectivity index (χ1v) is 6.19. The van der Waals surface area contributed by atoms with Crippen LogP contribution in [0.3, 0.4) is 0 Å². The number of nitriles is 1. The molecule has 0 bridgehead atoms. The third-order valence-corrected chi connectivity index (χ3v) is 3.44. The fraction of sp³-hybridized carbons (Fsp3) is 0.583. The van der Waals surface area contributed by atoms with Crippen LogP contribution in [-0.4, -0.2) is 21.3 Å². The van der Waals surface area contributed by atoms with Crippen LogP contribution < -0.4 is 5.32 Å². The average Bonchev–Trinajstić information content (AvgIpc) is 3.01. The highest BCUT2D eigenvalue weighted by atomic mass is 15.3. The molecule has 5 nitrogen and oxygen atoms in total. The van der Waals surface area contributed by atoms with Crippen molar-refractivity contribution in [1.29, 1.82) is 5.26 Å². The molecule has 0 amide bonds. The SMILES string of the molecule is N#C/C(=C1/CCCN1)c1nnc2n1CCCC2. The van der Waals surface area contributed by atoms with Crippen molar-refractivity contribution in [3.05, 3.63) is 17.3 Å². The number of hydrogen-bond acceptors (Lipinski definition) is 4. The topological polar surface area (TPSA) is 66.5 Å². The fourth-order valence-corrected chi connectivity index (χ4v) is 2.55. The summed E-state index contributed by atoms with van der Waals surface area (Å²) in [5.74, 6) is 1.78. The maximum Gasteiger partial charge on any atom is 0.176 e. The Morgan fingerprint density at radius 3 is 2.94 bits per heavy atom. The zero-order valence-electron chi connectivity index (χ0n) is 9.74. The molecule has 0 spiro atoms. The summed E-state index contributed by atoms with van der Waals surface area (Å²) < 4.78 is 2.11. The van der Waals surface area contributed by atoms with Gasteiger partial charge >= 0.3 is 0 Å². The van der Waals surface area contributed by atoms with Crippen LogP contribution >= 0.6 is 0 Å². The predicted octanol–water partition coefficient (Wildman–Crippen LogP) is 1.23. The number of aromatic nitrogens is 3. The highest BCUT2D eigenvalue weighted by Crippen LogP contribution is 2.24. The Hall–Kier alpha value is -1.83. The van der Waals surface area contributed by atoms with Crippen LogP contribution in [0.4, 0.5) is 0 Å². The molecule has 1 saturated heterocycles. The normalized spacial score (nSPS) is 21.6. The minimum absolute atomic E-state index is 0.683. The molecule has 0 unspecified atom stereocenters. The zero-order valence-corrected chi connectivity index (χ0v) is 9.74. The Kier molecular flexibility index (Phi) is 2.56. The van der Waals surface area contributed by atoms with E-state index in [4.69, 9.17) is 0 Å². The van der Waals surface area contributed by atoms with E-state index in [2.05, 4.69) is 26.2 Å². The maximum absolute atomic E-state index is 9.33. The van der Waals surface area contributed by atoms with Crippen LogP contribution in [0.25, 0.3) is 5.57 Å². The molecular weight excluding hydrogens is 214 g/mol. The lowest BCUT2D eigenvalue weighted by atomic mass is 10.1. The van der Waals surface area contributed by atoms with E-state index in [9.17, 15) is 5.26 Å². The van der Waals surface area contributed by atoms with Crippen molar-refractivity contribution in [1.82, 2.24) is 20.1 Å². The van der Waals surface area contributed by atoms with E-state index >= 15 is 0 Å². The number of hydrogen-bond donors (Lipinski definition) is 1. The summed E-state index contributed by atoms with van der Waals surface area (Å²) in [6, 6.07) is 2.29. The van der Waals surface area contributed by atoms with E-state index in [-0.39, 0.29) is 0 Å². The third-order valence-electron chi connectivity index (χ3n) is 3.44. The molecule has 1 aromatic heterocycles. The molecule has 17 heavy (non-hydrogen) atoms. The molecule has 3 heterocycles. The van der Waals surface area contributed by atoms with Crippen LogP contribution in [-0.2, 0) is 13.0 Å². The first kappa shape index (κ1) is 10.3. The Morgan fingerprint density at radius 1 is 1.24 bits per heavy atom. The Labute approximate surface area is 100 Å². The standard InChI is InChI=1S/C12H15N5/c13-8-9(10-4-3-6-14-10)12-16-15-11-5-1-2-7-17(11)12/h14H,1-7H2/b10-9+. The van der Waals surface area contributed by atoms with E-state index in [0.717, 1.165) is 56.1 Å². The molecule has 2 aliphatic rings. The first-order valence-electron chi connectivity index (χ1n) is 6.19. The van der Waals surface area contributed by atoms with E-state index in [1.165, 1.54) is 6.42 Å². The summed E-state index contributed by atoms with van der Waals surface area (Å²) in [5, 5.41) is 21.0. The molecule has 5 heteroatoms. The van der Waals surface area contributed by atoms with E-state index in [1.54, 1.807) is 0 Å².